The summed E-state index contributed by atoms with van der Waals surface area (Å²) in [5, 5.41) is 17.8. The lowest BCUT2D eigenvalue weighted by molar-refractivity contribution is -0.144. The predicted molar refractivity (Wildman–Crippen MR) is 173 cm³/mol. The molecule has 1 aromatic rings. The maximum atomic E-state index is 14.6. The molecule has 1 heterocycles. The van der Waals surface area contributed by atoms with E-state index >= 15 is 0 Å². The molecule has 5 amide bonds. The van der Waals surface area contributed by atoms with Gasteiger partial charge in [-0.25, -0.2) is 9.59 Å². The molecule has 2 aliphatic carbocycles. The maximum absolute atomic E-state index is 14.6. The molecule has 1 aliphatic heterocycles. The molecule has 0 spiro atoms. The number of amides is 5. The van der Waals surface area contributed by atoms with Crippen LogP contribution in [0.2, 0.25) is 0 Å². The second-order valence-corrected chi connectivity index (χ2v) is 14.4. The Morgan fingerprint density at radius 2 is 1.64 bits per heavy atom. The Balaban J connectivity index is 1.64. The zero-order valence-corrected chi connectivity index (χ0v) is 27.6. The van der Waals surface area contributed by atoms with Crippen LogP contribution >= 0.6 is 0 Å². The molecule has 12 heteroatoms. The van der Waals surface area contributed by atoms with E-state index in [1.807, 2.05) is 24.3 Å². The fourth-order valence-corrected chi connectivity index (χ4v) is 7.12. The Kier molecular flexibility index (Phi) is 11.0. The maximum Gasteiger partial charge on any atom is 0.326 e. The Hall–Kier alpha value is -4.40. The van der Waals surface area contributed by atoms with Crippen LogP contribution in [-0.2, 0) is 36.8 Å². The molecule has 12 nitrogen and oxygen atoms in total. The highest BCUT2D eigenvalue weighted by atomic mass is 16.4. The predicted octanol–water partition coefficient (Wildman–Crippen LogP) is 1.78. The molecular weight excluding hydrogens is 602 g/mol. The van der Waals surface area contributed by atoms with Gasteiger partial charge in [-0.05, 0) is 54.1 Å². The largest absolute Gasteiger partial charge is 0.480 e. The van der Waals surface area contributed by atoms with Crippen molar-refractivity contribution in [1.82, 2.24) is 20.9 Å². The summed E-state index contributed by atoms with van der Waals surface area (Å²) in [6.07, 6.45) is 10.2. The second-order valence-electron chi connectivity index (χ2n) is 14.4. The monoisotopic (exact) mass is 649 g/mol. The third kappa shape index (κ3) is 8.13. The Bertz CT molecular complexity index is 1420. The molecule has 4 rings (SSSR count). The van der Waals surface area contributed by atoms with E-state index in [2.05, 4.69) is 21.9 Å². The van der Waals surface area contributed by atoms with Gasteiger partial charge < -0.3 is 31.7 Å². The lowest BCUT2D eigenvalue weighted by Gasteiger charge is -2.35. The summed E-state index contributed by atoms with van der Waals surface area (Å²) in [6, 6.07) is 2.37. The molecule has 6 atom stereocenters. The molecule has 1 saturated carbocycles. The van der Waals surface area contributed by atoms with E-state index in [4.69, 9.17) is 12.2 Å². The number of Topliss-reactive ketones (excluding diaryl/α,β-unsaturated/α-hetero) is 1. The lowest BCUT2D eigenvalue weighted by Crippen LogP contribution is -2.61. The SMILES string of the molecule is C#CC(C)[C@H]1CCN(C(=O)[C@@H](NC(=O)N[C@H](C(=O)O)C(C)(C)C)C2Cc3ccccc3C2)[C@@H]1C(=O)NC(CC1CCC1)C(=O)C(N)=O. The summed E-state index contributed by atoms with van der Waals surface area (Å²) in [5.74, 6) is -2.77. The van der Waals surface area contributed by atoms with Crippen LogP contribution < -0.4 is 21.7 Å². The second kappa shape index (κ2) is 14.6. The van der Waals surface area contributed by atoms with E-state index in [1.54, 1.807) is 27.7 Å². The van der Waals surface area contributed by atoms with Gasteiger partial charge in [0.2, 0.25) is 17.6 Å². The zero-order valence-electron chi connectivity index (χ0n) is 27.6. The average Bonchev–Trinajstić information content (AvgIpc) is 3.63. The summed E-state index contributed by atoms with van der Waals surface area (Å²) >= 11 is 0. The summed E-state index contributed by atoms with van der Waals surface area (Å²) < 4.78 is 0. The minimum absolute atomic E-state index is 0.171. The van der Waals surface area contributed by atoms with E-state index in [0.29, 0.717) is 19.3 Å². The quantitative estimate of drug-likeness (QED) is 0.169. The number of rotatable bonds is 12. The third-order valence-corrected chi connectivity index (χ3v) is 10.1. The number of carbonyl (C=O) groups excluding carboxylic acids is 5. The van der Waals surface area contributed by atoms with Crippen molar-refractivity contribution >= 4 is 35.5 Å². The Morgan fingerprint density at radius 1 is 1.02 bits per heavy atom. The van der Waals surface area contributed by atoms with Gasteiger partial charge in [0.05, 0.1) is 6.04 Å². The van der Waals surface area contributed by atoms with Crippen LogP contribution in [0, 0.1) is 41.4 Å². The van der Waals surface area contributed by atoms with Crippen molar-refractivity contribution in [2.75, 3.05) is 6.54 Å². The normalized spacial score (nSPS) is 22.1. The summed E-state index contributed by atoms with van der Waals surface area (Å²) in [4.78, 5) is 80.1. The Morgan fingerprint density at radius 3 is 2.13 bits per heavy atom. The summed E-state index contributed by atoms with van der Waals surface area (Å²) in [6.45, 7) is 7.01. The van der Waals surface area contributed by atoms with Gasteiger partial charge >= 0.3 is 12.0 Å². The summed E-state index contributed by atoms with van der Waals surface area (Å²) in [5.41, 5.74) is 6.59. The number of primary amides is 1. The number of aliphatic carboxylic acids is 1. The molecular formula is C35H47N5O7. The number of benzene rings is 1. The van der Waals surface area contributed by atoms with Crippen molar-refractivity contribution in [3.8, 4) is 12.3 Å². The molecule has 2 fully saturated rings. The van der Waals surface area contributed by atoms with E-state index in [9.17, 15) is 33.9 Å². The van der Waals surface area contributed by atoms with Crippen LogP contribution in [0.4, 0.5) is 4.79 Å². The van der Waals surface area contributed by atoms with Gasteiger partial charge in [-0.3, -0.25) is 19.2 Å². The van der Waals surface area contributed by atoms with Gasteiger partial charge in [0.15, 0.2) is 0 Å². The molecule has 0 radical (unpaired) electrons. The van der Waals surface area contributed by atoms with Crippen molar-refractivity contribution in [2.24, 2.45) is 34.8 Å². The number of carboxylic acid groups (broad SMARTS) is 1. The topological polar surface area (TPSA) is 188 Å². The van der Waals surface area contributed by atoms with Crippen LogP contribution in [0.3, 0.4) is 0 Å². The Labute approximate surface area is 276 Å². The first-order valence-corrected chi connectivity index (χ1v) is 16.4. The number of fused-ring (bicyclic) bond motifs is 1. The van der Waals surface area contributed by atoms with Crippen molar-refractivity contribution in [1.29, 1.82) is 0 Å². The fraction of sp³-hybridized carbons (Fsp3) is 0.600. The first-order chi connectivity index (χ1) is 22.1. The van der Waals surface area contributed by atoms with Crippen LogP contribution in [0.5, 0.6) is 0 Å². The molecule has 47 heavy (non-hydrogen) atoms. The highest BCUT2D eigenvalue weighted by Crippen LogP contribution is 2.35. The van der Waals surface area contributed by atoms with Gasteiger partial charge in [0.1, 0.15) is 18.1 Å². The third-order valence-electron chi connectivity index (χ3n) is 10.1. The summed E-state index contributed by atoms with van der Waals surface area (Å²) in [7, 11) is 0. The van der Waals surface area contributed by atoms with Gasteiger partial charge in [0.25, 0.3) is 5.91 Å². The standard InChI is InChI=1S/C35H47N5O7/c1-6-19(2)24-14-15-40(27(24)31(43)37-25(28(41)30(36)42)16-20-10-9-11-20)32(44)26(23-17-21-12-7-8-13-22(21)18-23)38-34(47)39-29(33(45)46)35(3,4)5/h1,7-8,12-13,19-20,23-27,29H,9-11,14-18H2,2-5H3,(H2,36,42)(H,37,43)(H,45,46)(H2,38,39,47)/t19?,24-,25?,26+,27+,29-/m1/s1. The number of nitrogens with one attached hydrogen (secondary N) is 3. The lowest BCUT2D eigenvalue weighted by atomic mass is 9.80. The first-order valence-electron chi connectivity index (χ1n) is 16.4. The number of hydrogen-bond donors (Lipinski definition) is 5. The van der Waals surface area contributed by atoms with Crippen molar-refractivity contribution < 1.29 is 33.9 Å². The van der Waals surface area contributed by atoms with Gasteiger partial charge in [0, 0.05) is 18.4 Å². The van der Waals surface area contributed by atoms with Crippen LogP contribution in [0.25, 0.3) is 0 Å². The van der Waals surface area contributed by atoms with Gasteiger partial charge in [-0.2, -0.15) is 0 Å². The van der Waals surface area contributed by atoms with Crippen molar-refractivity contribution in [3.05, 3.63) is 35.4 Å². The molecule has 6 N–H and O–H groups in total. The number of urea groups is 1. The number of nitrogens with two attached hydrogens (primary N) is 1. The minimum Gasteiger partial charge on any atom is -0.480 e. The average molecular weight is 650 g/mol. The van der Waals surface area contributed by atoms with E-state index in [1.165, 1.54) is 4.90 Å². The molecule has 1 saturated heterocycles. The fourth-order valence-electron chi connectivity index (χ4n) is 7.12. The van der Waals surface area contributed by atoms with Crippen LogP contribution in [-0.4, -0.2) is 76.2 Å². The minimum atomic E-state index is -1.24. The molecule has 2 unspecified atom stereocenters. The van der Waals surface area contributed by atoms with Crippen molar-refractivity contribution in [3.63, 3.8) is 0 Å². The number of nitrogens with zero attached hydrogens (tertiary/aromatic N) is 1. The van der Waals surface area contributed by atoms with E-state index < -0.39 is 76.9 Å². The van der Waals surface area contributed by atoms with Gasteiger partial charge in [-0.15, -0.1) is 12.3 Å². The molecule has 3 aliphatic rings. The van der Waals surface area contributed by atoms with Crippen molar-refractivity contribution in [2.45, 2.75) is 96.8 Å². The molecule has 0 aromatic heterocycles. The number of hydrogen-bond acceptors (Lipinski definition) is 6. The number of carbonyl (C=O) groups is 6. The van der Waals surface area contributed by atoms with E-state index in [0.717, 1.165) is 30.4 Å². The number of ketones is 1. The highest BCUT2D eigenvalue weighted by molar-refractivity contribution is 6.37. The van der Waals surface area contributed by atoms with Crippen LogP contribution in [0.15, 0.2) is 24.3 Å². The number of likely N-dealkylation sites (tertiary alicyclic amines) is 1. The molecule has 254 valence electrons. The molecule has 0 bridgehead atoms. The number of terminal acetylenes is 1. The zero-order chi connectivity index (χ0) is 34.6. The molecule has 1 aromatic carbocycles. The van der Waals surface area contributed by atoms with E-state index in [-0.39, 0.29) is 24.8 Å². The number of carboxylic acids is 1. The van der Waals surface area contributed by atoms with Crippen LogP contribution in [0.1, 0.15) is 70.9 Å². The smallest absolute Gasteiger partial charge is 0.326 e. The highest BCUT2D eigenvalue weighted by Gasteiger charge is 2.48. The van der Waals surface area contributed by atoms with Gasteiger partial charge in [-0.1, -0.05) is 71.2 Å². The first kappa shape index (κ1) is 35.5.